The van der Waals surface area contributed by atoms with E-state index in [1.165, 1.54) is 31.4 Å². The number of hydrogen-bond acceptors (Lipinski definition) is 5. The van der Waals surface area contributed by atoms with E-state index in [-0.39, 0.29) is 35.9 Å². The maximum Gasteiger partial charge on any atom is 0.269 e. The van der Waals surface area contributed by atoms with Gasteiger partial charge in [0.05, 0.1) is 17.6 Å². The number of amides is 2. The molecular formula is C36H39N3O5. The number of carbonyl (C=O) groups excluding carboxylic acids is 2. The van der Waals surface area contributed by atoms with E-state index in [2.05, 4.69) is 5.32 Å². The molecule has 4 bridgehead atoms. The van der Waals surface area contributed by atoms with Crippen LogP contribution < -0.4 is 5.32 Å². The number of nitro groups is 1. The third-order valence-corrected chi connectivity index (χ3v) is 11.0. The number of non-ortho nitro benzene ring substituents is 1. The van der Waals surface area contributed by atoms with Crippen LogP contribution in [0.1, 0.15) is 73.2 Å². The SMILES string of the molecule is O=C1C[C@@](C(=O)NCc2ccccc2)(c2ccc([N+](=O)[O-])cc2)[C@@H](c2ccc(CO)cc2)N1CC12CC3CC(CC(C3)C1)C2. The van der Waals surface area contributed by atoms with Crippen molar-refractivity contribution in [2.24, 2.45) is 23.2 Å². The lowest BCUT2D eigenvalue weighted by Crippen LogP contribution is -2.53. The van der Waals surface area contributed by atoms with Gasteiger partial charge in [-0.05, 0) is 83.9 Å². The molecule has 8 nitrogen and oxygen atoms in total. The molecule has 1 aliphatic heterocycles. The number of aliphatic hydroxyl groups excluding tert-OH is 1. The van der Waals surface area contributed by atoms with Crippen LogP contribution in [0.3, 0.4) is 0 Å². The number of carbonyl (C=O) groups is 2. The van der Waals surface area contributed by atoms with Crippen LogP contribution in [0.25, 0.3) is 0 Å². The second-order valence-electron chi connectivity index (χ2n) is 13.9. The zero-order valence-corrected chi connectivity index (χ0v) is 24.9. The van der Waals surface area contributed by atoms with Gasteiger partial charge in [0.15, 0.2) is 0 Å². The number of nitrogens with one attached hydrogen (secondary N) is 1. The minimum absolute atomic E-state index is 0.0236. The van der Waals surface area contributed by atoms with Crippen LogP contribution in [0.15, 0.2) is 78.9 Å². The van der Waals surface area contributed by atoms with E-state index < -0.39 is 16.4 Å². The molecule has 2 atom stereocenters. The fourth-order valence-corrected chi connectivity index (χ4v) is 9.55. The number of aliphatic hydroxyl groups is 1. The Balaban J connectivity index is 1.33. The highest BCUT2D eigenvalue weighted by molar-refractivity contribution is 5.98. The van der Waals surface area contributed by atoms with E-state index in [1.807, 2.05) is 59.5 Å². The first-order valence-corrected chi connectivity index (χ1v) is 15.8. The van der Waals surface area contributed by atoms with Crippen LogP contribution in [0.5, 0.6) is 0 Å². The van der Waals surface area contributed by atoms with Gasteiger partial charge < -0.3 is 15.3 Å². The molecule has 4 saturated carbocycles. The molecule has 8 rings (SSSR count). The molecule has 5 fully saturated rings. The quantitative estimate of drug-likeness (QED) is 0.239. The van der Waals surface area contributed by atoms with Crippen molar-refractivity contribution in [1.82, 2.24) is 10.2 Å². The number of nitro benzene ring substituents is 1. The van der Waals surface area contributed by atoms with Crippen molar-refractivity contribution in [3.05, 3.63) is 111 Å². The second kappa shape index (κ2) is 11.1. The molecule has 2 amide bonds. The van der Waals surface area contributed by atoms with Crippen LogP contribution in [-0.4, -0.2) is 33.3 Å². The van der Waals surface area contributed by atoms with E-state index in [0.717, 1.165) is 53.7 Å². The Bertz CT molecular complexity index is 1520. The highest BCUT2D eigenvalue weighted by Crippen LogP contribution is 2.62. The molecule has 2 N–H and O–H groups in total. The van der Waals surface area contributed by atoms with Gasteiger partial charge >= 0.3 is 0 Å². The van der Waals surface area contributed by atoms with Gasteiger partial charge in [0.1, 0.15) is 5.41 Å². The highest BCUT2D eigenvalue weighted by Gasteiger charge is 2.60. The molecule has 8 heteroatoms. The average Bonchev–Trinajstić information content (AvgIpc) is 3.31. The van der Waals surface area contributed by atoms with Crippen molar-refractivity contribution in [2.45, 2.75) is 69.6 Å². The zero-order valence-electron chi connectivity index (χ0n) is 24.9. The van der Waals surface area contributed by atoms with Crippen molar-refractivity contribution < 1.29 is 19.6 Å². The smallest absolute Gasteiger partial charge is 0.269 e. The van der Waals surface area contributed by atoms with Gasteiger partial charge in [-0.3, -0.25) is 19.7 Å². The third-order valence-electron chi connectivity index (χ3n) is 11.0. The predicted octanol–water partition coefficient (Wildman–Crippen LogP) is 5.83. The minimum Gasteiger partial charge on any atom is -0.392 e. The summed E-state index contributed by atoms with van der Waals surface area (Å²) in [5, 5.41) is 24.5. The third kappa shape index (κ3) is 4.99. The lowest BCUT2D eigenvalue weighted by atomic mass is 9.49. The standard InChI is InChI=1S/C36H39N3O5/c40-22-25-6-8-29(9-7-25)33-36(30-10-12-31(13-11-30)39(43)44,34(42)37-21-24-4-2-1-3-5-24)20-32(41)38(33)23-35-17-26-14-27(18-35)16-28(15-26)19-35/h1-13,26-28,33,40H,14-23H2,(H,37,42)/t26?,27?,28?,33-,35?,36-/m1/s1. The van der Waals surface area contributed by atoms with Crippen LogP contribution in [0.4, 0.5) is 5.69 Å². The summed E-state index contributed by atoms with van der Waals surface area (Å²) in [6, 6.07) is 22.8. The number of nitrogens with zero attached hydrogens (tertiary/aromatic N) is 2. The van der Waals surface area contributed by atoms with Crippen molar-refractivity contribution in [1.29, 1.82) is 0 Å². The molecule has 4 aliphatic carbocycles. The summed E-state index contributed by atoms with van der Waals surface area (Å²) in [6.07, 6.45) is 7.26. The average molecular weight is 594 g/mol. The summed E-state index contributed by atoms with van der Waals surface area (Å²) in [5.74, 6) is 1.82. The summed E-state index contributed by atoms with van der Waals surface area (Å²) in [6.45, 7) is 0.808. The monoisotopic (exact) mass is 593 g/mol. The Morgan fingerprint density at radius 3 is 2.07 bits per heavy atom. The summed E-state index contributed by atoms with van der Waals surface area (Å²) < 4.78 is 0. The first kappa shape index (κ1) is 28.7. The second-order valence-corrected chi connectivity index (χ2v) is 13.9. The van der Waals surface area contributed by atoms with Gasteiger partial charge in [0.25, 0.3) is 5.69 Å². The first-order valence-electron chi connectivity index (χ1n) is 15.8. The summed E-state index contributed by atoms with van der Waals surface area (Å²) in [5.41, 5.74) is 1.80. The number of rotatable bonds is 9. The Labute approximate surface area is 257 Å². The fraction of sp³-hybridized carbons (Fsp3) is 0.444. The molecule has 228 valence electrons. The topological polar surface area (TPSA) is 113 Å². The number of likely N-dealkylation sites (tertiary alicyclic amines) is 1. The van der Waals surface area contributed by atoms with Gasteiger partial charge in [-0.25, -0.2) is 0 Å². The van der Waals surface area contributed by atoms with E-state index in [0.29, 0.717) is 18.7 Å². The fourth-order valence-electron chi connectivity index (χ4n) is 9.55. The Kier molecular flexibility index (Phi) is 7.28. The van der Waals surface area contributed by atoms with Gasteiger partial charge in [0.2, 0.25) is 11.8 Å². The molecule has 1 heterocycles. The molecular weight excluding hydrogens is 554 g/mol. The first-order chi connectivity index (χ1) is 21.3. The lowest BCUT2D eigenvalue weighted by Gasteiger charge is -2.58. The van der Waals surface area contributed by atoms with Crippen LogP contribution in [0, 0.1) is 33.3 Å². The largest absolute Gasteiger partial charge is 0.392 e. The normalized spacial score (nSPS) is 30.5. The molecule has 0 radical (unpaired) electrons. The van der Waals surface area contributed by atoms with Crippen molar-refractivity contribution >= 4 is 17.5 Å². The molecule has 5 aliphatic rings. The van der Waals surface area contributed by atoms with Gasteiger partial charge in [-0.1, -0.05) is 66.7 Å². The van der Waals surface area contributed by atoms with Crippen molar-refractivity contribution in [3.63, 3.8) is 0 Å². The van der Waals surface area contributed by atoms with Gasteiger partial charge in [-0.2, -0.15) is 0 Å². The lowest BCUT2D eigenvalue weighted by molar-refractivity contribution is -0.384. The molecule has 44 heavy (non-hydrogen) atoms. The van der Waals surface area contributed by atoms with E-state index in [1.54, 1.807) is 12.1 Å². The molecule has 0 spiro atoms. The van der Waals surface area contributed by atoms with Crippen LogP contribution >= 0.6 is 0 Å². The Hall–Kier alpha value is -4.04. The van der Waals surface area contributed by atoms with Crippen LogP contribution in [-0.2, 0) is 28.2 Å². The zero-order chi connectivity index (χ0) is 30.5. The number of benzene rings is 3. The number of hydrogen-bond donors (Lipinski definition) is 2. The van der Waals surface area contributed by atoms with E-state index >= 15 is 0 Å². The molecule has 0 unspecified atom stereocenters. The molecule has 0 aromatic heterocycles. The van der Waals surface area contributed by atoms with Crippen molar-refractivity contribution in [2.75, 3.05) is 6.54 Å². The predicted molar refractivity (Wildman–Crippen MR) is 165 cm³/mol. The van der Waals surface area contributed by atoms with Crippen molar-refractivity contribution in [3.8, 4) is 0 Å². The van der Waals surface area contributed by atoms with Gasteiger partial charge in [-0.15, -0.1) is 0 Å². The van der Waals surface area contributed by atoms with E-state index in [9.17, 15) is 24.8 Å². The minimum atomic E-state index is -1.30. The summed E-state index contributed by atoms with van der Waals surface area (Å²) in [4.78, 5) is 42.1. The maximum absolute atomic E-state index is 14.7. The van der Waals surface area contributed by atoms with E-state index in [4.69, 9.17) is 0 Å². The Morgan fingerprint density at radius 1 is 0.886 bits per heavy atom. The molecule has 3 aromatic carbocycles. The summed E-state index contributed by atoms with van der Waals surface area (Å²) in [7, 11) is 0. The Morgan fingerprint density at radius 2 is 1.50 bits per heavy atom. The molecule has 1 saturated heterocycles. The highest BCUT2D eigenvalue weighted by atomic mass is 16.6. The van der Waals surface area contributed by atoms with Crippen LogP contribution in [0.2, 0.25) is 0 Å². The molecule has 3 aromatic rings. The maximum atomic E-state index is 14.7. The summed E-state index contributed by atoms with van der Waals surface area (Å²) >= 11 is 0. The van der Waals surface area contributed by atoms with Gasteiger partial charge in [0, 0.05) is 31.6 Å².